The monoisotopic (exact) mass is 921 g/mol. The Kier molecular flexibility index (Phi) is 22.0. The van der Waals surface area contributed by atoms with Gasteiger partial charge in [-0.15, -0.1) is 0 Å². The second-order valence-corrected chi connectivity index (χ2v) is 25.4. The molecule has 0 spiro atoms. The molecule has 0 heterocycles. The Morgan fingerprint density at radius 3 is 1.05 bits per heavy atom. The number of hydrogen-bond acceptors (Lipinski definition) is 4. The Morgan fingerprint density at radius 1 is 0.409 bits per heavy atom. The summed E-state index contributed by atoms with van der Waals surface area (Å²) >= 11 is 0. The molecule has 0 bridgehead atoms. The van der Waals surface area contributed by atoms with Gasteiger partial charge >= 0.3 is 0 Å². The van der Waals surface area contributed by atoms with Gasteiger partial charge in [0.15, 0.2) is 0 Å². The van der Waals surface area contributed by atoms with Crippen LogP contribution >= 0.6 is 0 Å². The fourth-order valence-electron chi connectivity index (χ4n) is 17.5. The second kappa shape index (κ2) is 27.5. The molecule has 0 aromatic carbocycles. The number of carbonyl (C=O) groups is 1. The number of aliphatic hydroxyl groups excluding tert-OH is 1. The minimum atomic E-state index is -0.209. The lowest BCUT2D eigenvalue weighted by Gasteiger charge is -2.45. The van der Waals surface area contributed by atoms with Crippen LogP contribution in [0.1, 0.15) is 259 Å². The molecule has 9 rings (SSSR count). The molecule has 9 aliphatic rings. The average molecular weight is 922 g/mol. The van der Waals surface area contributed by atoms with Crippen LogP contribution in [-0.2, 0) is 14.3 Å². The number of rotatable bonds is 13. The van der Waals surface area contributed by atoms with Crippen LogP contribution in [0.4, 0.5) is 4.39 Å². The second-order valence-electron chi connectivity index (χ2n) is 25.4. The predicted octanol–water partition coefficient (Wildman–Crippen LogP) is 17.5. The standard InChI is InChI=1S/C22H37FO.C20H34O2.C19H34O/c1-3-4-17-5-7-18(8-6-17)19-9-10-21-14-22(24-15-16(2)23)12-11-20(21)13-19;1-2-3-15-4-6-16(7-5-15)17-8-9-19-13-20(22-14-21)11-10-18(19)12-17;1-2-3-14-4-6-15(7-5-14)16-8-9-18-13-19(20)11-10-17(18)12-16/h15,17-22H,3-14H2,1-2H3;14-20H,2-13H2,1H3;14-20H,2-13H2,1H3/b16-15-;;. The topological polar surface area (TPSA) is 55.8 Å². The molecule has 0 aliphatic heterocycles. The Morgan fingerprint density at radius 2 is 0.697 bits per heavy atom. The third-order valence-electron chi connectivity index (χ3n) is 21.3. The lowest BCUT2D eigenvalue weighted by Crippen LogP contribution is -2.36. The molecule has 12 unspecified atom stereocenters. The van der Waals surface area contributed by atoms with Gasteiger partial charge < -0.3 is 14.6 Å². The number of hydrogen-bond donors (Lipinski definition) is 1. The van der Waals surface area contributed by atoms with Crippen molar-refractivity contribution in [1.29, 1.82) is 0 Å². The van der Waals surface area contributed by atoms with Gasteiger partial charge in [0, 0.05) is 0 Å². The minimum Gasteiger partial charge on any atom is -0.495 e. The van der Waals surface area contributed by atoms with E-state index in [-0.39, 0.29) is 24.1 Å². The Bertz CT molecular complexity index is 1370. The maximum Gasteiger partial charge on any atom is 0.293 e. The summed E-state index contributed by atoms with van der Waals surface area (Å²) in [5.74, 6) is 14.4. The number of halogens is 1. The fourth-order valence-corrected chi connectivity index (χ4v) is 17.5. The van der Waals surface area contributed by atoms with Gasteiger partial charge in [0.05, 0.1) is 12.2 Å². The number of ether oxygens (including phenoxy) is 2. The molecule has 1 N–H and O–H groups in total. The zero-order valence-corrected chi connectivity index (χ0v) is 43.6. The first-order valence-electron chi connectivity index (χ1n) is 30.0. The normalized spacial score (nSPS) is 42.9. The van der Waals surface area contributed by atoms with Gasteiger partial charge in [-0.3, -0.25) is 4.79 Å². The zero-order valence-electron chi connectivity index (χ0n) is 43.6. The molecule has 66 heavy (non-hydrogen) atoms. The smallest absolute Gasteiger partial charge is 0.293 e. The van der Waals surface area contributed by atoms with E-state index in [9.17, 15) is 14.3 Å². The van der Waals surface area contributed by atoms with E-state index in [4.69, 9.17) is 9.47 Å². The summed E-state index contributed by atoms with van der Waals surface area (Å²) in [5, 5.41) is 9.84. The van der Waals surface area contributed by atoms with E-state index in [0.717, 1.165) is 127 Å². The number of aliphatic hydroxyl groups is 1. The molecule has 0 radical (unpaired) electrons. The van der Waals surface area contributed by atoms with E-state index >= 15 is 0 Å². The maximum atomic E-state index is 12.9. The van der Waals surface area contributed by atoms with Gasteiger partial charge in [-0.25, -0.2) is 4.39 Å². The lowest BCUT2D eigenvalue weighted by molar-refractivity contribution is -0.137. The van der Waals surface area contributed by atoms with Gasteiger partial charge in [-0.05, 0) is 250 Å². The summed E-state index contributed by atoms with van der Waals surface area (Å²) in [5.41, 5.74) is 0. The number of carbonyl (C=O) groups excluding carboxylic acids is 1. The average Bonchev–Trinajstić information content (AvgIpc) is 3.34. The van der Waals surface area contributed by atoms with E-state index in [1.807, 2.05) is 0 Å². The molecule has 5 heteroatoms. The van der Waals surface area contributed by atoms with Gasteiger partial charge in [0.25, 0.3) is 6.47 Å². The molecule has 9 saturated carbocycles. The van der Waals surface area contributed by atoms with Gasteiger partial charge in [-0.2, -0.15) is 0 Å². The van der Waals surface area contributed by atoms with Crippen LogP contribution in [0.15, 0.2) is 12.1 Å². The van der Waals surface area contributed by atoms with Crippen LogP contribution < -0.4 is 0 Å². The molecule has 4 nitrogen and oxygen atoms in total. The van der Waals surface area contributed by atoms with E-state index in [1.54, 1.807) is 0 Å². The molecular weight excluding hydrogens is 816 g/mol. The summed E-state index contributed by atoms with van der Waals surface area (Å²) in [6, 6.07) is 0. The first kappa shape index (κ1) is 52.7. The SMILES string of the molecule is CCCC1CCC(C2CCC3CC(O)CCC3C2)CC1.CCCC1CCC(C2CCC3CC(O/C=C(/C)F)CCC3C2)CC1.CCCC1CCC(C2CCC3CC(OC=O)CCC3C2)CC1. The molecule has 380 valence electrons. The lowest BCUT2D eigenvalue weighted by atomic mass is 9.62. The Labute approximate surface area is 406 Å². The summed E-state index contributed by atoms with van der Waals surface area (Å²) in [4.78, 5) is 10.5. The molecule has 0 aromatic heterocycles. The van der Waals surface area contributed by atoms with Crippen molar-refractivity contribution in [3.63, 3.8) is 0 Å². The van der Waals surface area contributed by atoms with Crippen molar-refractivity contribution >= 4 is 6.47 Å². The maximum absolute atomic E-state index is 12.9. The first-order valence-corrected chi connectivity index (χ1v) is 30.0. The van der Waals surface area contributed by atoms with E-state index in [2.05, 4.69) is 20.8 Å². The quantitative estimate of drug-likeness (QED) is 0.148. The van der Waals surface area contributed by atoms with Gasteiger partial charge in [-0.1, -0.05) is 97.8 Å². The molecule has 0 saturated heterocycles. The molecule has 0 amide bonds. The van der Waals surface area contributed by atoms with Crippen molar-refractivity contribution in [3.8, 4) is 0 Å². The highest BCUT2D eigenvalue weighted by Gasteiger charge is 2.42. The van der Waals surface area contributed by atoms with Crippen LogP contribution in [0.2, 0.25) is 0 Å². The fraction of sp³-hybridized carbons (Fsp3) is 0.951. The molecule has 12 atom stereocenters. The highest BCUT2D eigenvalue weighted by Crippen LogP contribution is 2.51. The van der Waals surface area contributed by atoms with Crippen molar-refractivity contribution in [1.82, 2.24) is 0 Å². The van der Waals surface area contributed by atoms with Crippen LogP contribution in [0.3, 0.4) is 0 Å². The molecular formula is C61H105FO4. The predicted molar refractivity (Wildman–Crippen MR) is 272 cm³/mol. The summed E-state index contributed by atoms with van der Waals surface area (Å²) in [6.07, 6.45) is 52.0. The first-order chi connectivity index (χ1) is 32.2. The van der Waals surface area contributed by atoms with Crippen LogP contribution in [-0.4, -0.2) is 29.9 Å². The van der Waals surface area contributed by atoms with E-state index < -0.39 is 0 Å². The van der Waals surface area contributed by atoms with Crippen molar-refractivity contribution < 1.29 is 23.8 Å². The zero-order chi connectivity index (χ0) is 46.3. The Balaban J connectivity index is 0.000000148. The van der Waals surface area contributed by atoms with Crippen molar-refractivity contribution in [2.24, 2.45) is 88.8 Å². The highest BCUT2D eigenvalue weighted by molar-refractivity contribution is 5.37. The Hall–Kier alpha value is -1.10. The largest absolute Gasteiger partial charge is 0.495 e. The summed E-state index contributed by atoms with van der Waals surface area (Å²) in [7, 11) is 0. The van der Waals surface area contributed by atoms with Crippen LogP contribution in [0, 0.1) is 88.8 Å². The van der Waals surface area contributed by atoms with Crippen LogP contribution in [0.25, 0.3) is 0 Å². The number of allylic oxidation sites excluding steroid dienone is 1. The molecule has 9 fully saturated rings. The van der Waals surface area contributed by atoms with E-state index in [0.29, 0.717) is 6.47 Å². The van der Waals surface area contributed by atoms with E-state index in [1.165, 1.54) is 206 Å². The minimum absolute atomic E-state index is 0.0253. The third kappa shape index (κ3) is 15.7. The third-order valence-corrected chi connectivity index (χ3v) is 21.3. The number of fused-ring (bicyclic) bond motifs is 3. The van der Waals surface area contributed by atoms with Gasteiger partial charge in [0.2, 0.25) is 0 Å². The summed E-state index contributed by atoms with van der Waals surface area (Å²) < 4.78 is 23.7. The highest BCUT2D eigenvalue weighted by atomic mass is 19.1. The van der Waals surface area contributed by atoms with Gasteiger partial charge in [0.1, 0.15) is 18.2 Å². The van der Waals surface area contributed by atoms with Crippen molar-refractivity contribution in [2.75, 3.05) is 0 Å². The van der Waals surface area contributed by atoms with Crippen molar-refractivity contribution in [2.45, 2.75) is 277 Å². The molecule has 9 aliphatic carbocycles. The van der Waals surface area contributed by atoms with Crippen molar-refractivity contribution in [3.05, 3.63) is 12.1 Å². The summed E-state index contributed by atoms with van der Waals surface area (Å²) in [6.45, 7) is 9.12. The molecule has 0 aromatic rings. The van der Waals surface area contributed by atoms with Crippen LogP contribution in [0.5, 0.6) is 0 Å².